The number of hydrogen-bond donors (Lipinski definition) is 3. The maximum atomic E-state index is 8.09. The van der Waals surface area contributed by atoms with Crippen molar-refractivity contribution in [3.63, 3.8) is 0 Å². The Balaban J connectivity index is 2.28. The lowest BCUT2D eigenvalue weighted by molar-refractivity contribution is 0.685. The van der Waals surface area contributed by atoms with Crippen LogP contribution in [0.3, 0.4) is 0 Å². The lowest BCUT2D eigenvalue weighted by Gasteiger charge is -2.19. The first-order valence-electron chi connectivity index (χ1n) is 5.11. The Labute approximate surface area is 89.5 Å². The van der Waals surface area contributed by atoms with E-state index in [1.807, 2.05) is 30.3 Å². The summed E-state index contributed by atoms with van der Waals surface area (Å²) in [6.07, 6.45) is 0.847. The van der Waals surface area contributed by atoms with E-state index in [1.54, 1.807) is 0 Å². The fourth-order valence-electron chi connectivity index (χ4n) is 1.77. The van der Waals surface area contributed by atoms with Crippen molar-refractivity contribution in [2.45, 2.75) is 6.42 Å². The Kier molecular flexibility index (Phi) is 2.83. The highest BCUT2D eigenvalue weighted by Gasteiger charge is 2.14. The first-order chi connectivity index (χ1) is 7.29. The second-order valence-corrected chi connectivity index (χ2v) is 3.67. The molecule has 0 atom stereocenters. The van der Waals surface area contributed by atoms with Gasteiger partial charge in [0.05, 0.1) is 5.71 Å². The first kappa shape index (κ1) is 9.93. The van der Waals surface area contributed by atoms with Crippen molar-refractivity contribution in [1.29, 1.82) is 5.41 Å². The molecule has 0 saturated heterocycles. The van der Waals surface area contributed by atoms with Gasteiger partial charge < -0.3 is 11.1 Å². The van der Waals surface area contributed by atoms with E-state index in [9.17, 15) is 0 Å². The molecule has 0 spiro atoms. The highest BCUT2D eigenvalue weighted by Crippen LogP contribution is 2.15. The third-order valence-corrected chi connectivity index (χ3v) is 2.62. The van der Waals surface area contributed by atoms with E-state index in [2.05, 4.69) is 5.32 Å². The minimum Gasteiger partial charge on any atom is -0.401 e. The molecule has 0 unspecified atom stereocenters. The van der Waals surface area contributed by atoms with Gasteiger partial charge >= 0.3 is 0 Å². The first-order valence-corrected chi connectivity index (χ1v) is 5.11. The van der Waals surface area contributed by atoms with Gasteiger partial charge in [-0.25, -0.2) is 0 Å². The van der Waals surface area contributed by atoms with Gasteiger partial charge in [-0.1, -0.05) is 30.3 Å². The van der Waals surface area contributed by atoms with E-state index in [-0.39, 0.29) is 0 Å². The van der Waals surface area contributed by atoms with Crippen molar-refractivity contribution in [3.8, 4) is 0 Å². The summed E-state index contributed by atoms with van der Waals surface area (Å²) in [5.74, 6) is 0. The predicted octanol–water partition coefficient (Wildman–Crippen LogP) is 1.26. The molecule has 1 aliphatic heterocycles. The average molecular weight is 201 g/mol. The van der Waals surface area contributed by atoms with Crippen molar-refractivity contribution >= 4 is 5.71 Å². The average Bonchev–Trinajstić information content (AvgIpc) is 2.30. The van der Waals surface area contributed by atoms with E-state index >= 15 is 0 Å². The molecule has 3 nitrogen and oxygen atoms in total. The fraction of sp³-hybridized carbons (Fsp3) is 0.250. The number of benzene rings is 1. The van der Waals surface area contributed by atoms with Crippen molar-refractivity contribution in [2.24, 2.45) is 5.73 Å². The summed E-state index contributed by atoms with van der Waals surface area (Å²) in [4.78, 5) is 0. The Hall–Kier alpha value is -1.61. The van der Waals surface area contributed by atoms with Gasteiger partial charge in [-0.15, -0.1) is 0 Å². The highest BCUT2D eigenvalue weighted by molar-refractivity contribution is 6.11. The Bertz CT molecular complexity index is 393. The summed E-state index contributed by atoms with van der Waals surface area (Å²) in [6, 6.07) is 9.75. The molecule has 0 aliphatic carbocycles. The second kappa shape index (κ2) is 4.28. The summed E-state index contributed by atoms with van der Waals surface area (Å²) >= 11 is 0. The van der Waals surface area contributed by atoms with Crippen LogP contribution in [0, 0.1) is 5.41 Å². The van der Waals surface area contributed by atoms with Gasteiger partial charge in [-0.2, -0.15) is 0 Å². The van der Waals surface area contributed by atoms with Gasteiger partial charge in [0.2, 0.25) is 0 Å². The summed E-state index contributed by atoms with van der Waals surface area (Å²) in [7, 11) is 0. The molecule has 0 bridgehead atoms. The van der Waals surface area contributed by atoms with E-state index in [1.165, 1.54) is 0 Å². The minimum absolute atomic E-state index is 0.564. The molecule has 0 fully saturated rings. The molecule has 1 aromatic carbocycles. The van der Waals surface area contributed by atoms with Crippen molar-refractivity contribution < 1.29 is 0 Å². The van der Waals surface area contributed by atoms with Crippen LogP contribution in [-0.4, -0.2) is 18.8 Å². The lowest BCUT2D eigenvalue weighted by Crippen LogP contribution is -2.31. The zero-order valence-electron chi connectivity index (χ0n) is 8.59. The molecule has 15 heavy (non-hydrogen) atoms. The quantitative estimate of drug-likeness (QED) is 0.631. The van der Waals surface area contributed by atoms with E-state index in [0.717, 1.165) is 29.8 Å². The zero-order chi connectivity index (χ0) is 10.7. The van der Waals surface area contributed by atoms with Crippen LogP contribution < -0.4 is 11.1 Å². The molecular weight excluding hydrogens is 186 g/mol. The van der Waals surface area contributed by atoms with Crippen LogP contribution in [0.2, 0.25) is 0 Å². The summed E-state index contributed by atoms with van der Waals surface area (Å²) in [5, 5.41) is 11.3. The zero-order valence-corrected chi connectivity index (χ0v) is 8.59. The Morgan fingerprint density at radius 3 is 2.67 bits per heavy atom. The molecule has 1 aliphatic rings. The standard InChI is InChI=1S/C12H15N3/c13-11-8-15-7-6-10(11)12(14)9-4-2-1-3-5-9/h1-5,14-15H,6-8,13H2. The van der Waals surface area contributed by atoms with Crippen molar-refractivity contribution in [2.75, 3.05) is 13.1 Å². The van der Waals surface area contributed by atoms with Gasteiger partial charge in [-0.3, -0.25) is 5.41 Å². The van der Waals surface area contributed by atoms with Crippen LogP contribution in [-0.2, 0) is 0 Å². The normalized spacial score (nSPS) is 16.5. The Morgan fingerprint density at radius 1 is 1.27 bits per heavy atom. The molecule has 4 N–H and O–H groups in total. The van der Waals surface area contributed by atoms with E-state index in [0.29, 0.717) is 12.3 Å². The van der Waals surface area contributed by atoms with Gasteiger partial charge in [0, 0.05) is 12.2 Å². The maximum absolute atomic E-state index is 8.09. The van der Waals surface area contributed by atoms with Gasteiger partial charge in [0.25, 0.3) is 0 Å². The molecule has 1 aromatic rings. The fourth-order valence-corrected chi connectivity index (χ4v) is 1.77. The molecule has 0 radical (unpaired) electrons. The number of hydrogen-bond acceptors (Lipinski definition) is 3. The number of nitrogens with one attached hydrogen (secondary N) is 2. The second-order valence-electron chi connectivity index (χ2n) is 3.67. The number of nitrogens with two attached hydrogens (primary N) is 1. The predicted molar refractivity (Wildman–Crippen MR) is 62.0 cm³/mol. The van der Waals surface area contributed by atoms with Crippen molar-refractivity contribution in [3.05, 3.63) is 47.2 Å². The number of rotatable bonds is 2. The van der Waals surface area contributed by atoms with Crippen LogP contribution >= 0.6 is 0 Å². The maximum Gasteiger partial charge on any atom is 0.0662 e. The SMILES string of the molecule is N=C(C1=C(N)CNCC1)c1ccccc1. The Morgan fingerprint density at radius 2 is 2.00 bits per heavy atom. The van der Waals surface area contributed by atoms with E-state index in [4.69, 9.17) is 11.1 Å². The van der Waals surface area contributed by atoms with Gasteiger partial charge in [0.1, 0.15) is 0 Å². The molecule has 78 valence electrons. The van der Waals surface area contributed by atoms with Crippen LogP contribution in [0.15, 0.2) is 41.6 Å². The smallest absolute Gasteiger partial charge is 0.0662 e. The van der Waals surface area contributed by atoms with Crippen molar-refractivity contribution in [1.82, 2.24) is 5.32 Å². The monoisotopic (exact) mass is 201 g/mol. The van der Waals surface area contributed by atoms with Crippen LogP contribution in [0.4, 0.5) is 0 Å². The molecule has 0 saturated carbocycles. The molecule has 1 heterocycles. The highest BCUT2D eigenvalue weighted by atomic mass is 14.9. The molecule has 0 amide bonds. The van der Waals surface area contributed by atoms with Crippen LogP contribution in [0.25, 0.3) is 0 Å². The lowest BCUT2D eigenvalue weighted by atomic mass is 9.96. The van der Waals surface area contributed by atoms with Gasteiger partial charge in [0.15, 0.2) is 0 Å². The molecule has 0 aromatic heterocycles. The molecule has 3 heteroatoms. The minimum atomic E-state index is 0.564. The van der Waals surface area contributed by atoms with Crippen LogP contribution in [0.1, 0.15) is 12.0 Å². The molecule has 2 rings (SSSR count). The van der Waals surface area contributed by atoms with E-state index < -0.39 is 0 Å². The largest absolute Gasteiger partial charge is 0.401 e. The topological polar surface area (TPSA) is 61.9 Å². The third kappa shape index (κ3) is 2.07. The summed E-state index contributed by atoms with van der Waals surface area (Å²) < 4.78 is 0. The van der Waals surface area contributed by atoms with Gasteiger partial charge in [-0.05, 0) is 24.1 Å². The summed E-state index contributed by atoms with van der Waals surface area (Å²) in [6.45, 7) is 1.61. The summed E-state index contributed by atoms with van der Waals surface area (Å²) in [5.41, 5.74) is 9.19. The third-order valence-electron chi connectivity index (χ3n) is 2.62. The molecular formula is C12H15N3. The van der Waals surface area contributed by atoms with Crippen LogP contribution in [0.5, 0.6) is 0 Å².